The fourth-order valence-electron chi connectivity index (χ4n) is 1.98. The fourth-order valence-corrected chi connectivity index (χ4v) is 3.03. The Hall–Kier alpha value is -1.20. The molecule has 0 amide bonds. The first-order chi connectivity index (χ1) is 8.99. The molecule has 0 radical (unpaired) electrons. The van der Waals surface area contributed by atoms with Gasteiger partial charge in [-0.1, -0.05) is 13.8 Å². The molecule has 0 saturated carbocycles. The van der Waals surface area contributed by atoms with Crippen molar-refractivity contribution >= 4 is 21.6 Å². The van der Waals surface area contributed by atoms with Gasteiger partial charge in [-0.05, 0) is 38.3 Å². The van der Waals surface area contributed by atoms with Crippen LogP contribution in [0, 0.1) is 19.8 Å². The lowest BCUT2D eigenvalue weighted by atomic mass is 10.1. The van der Waals surface area contributed by atoms with E-state index in [9.17, 15) is 4.79 Å². The molecule has 0 aromatic carbocycles. The number of fused-ring (bicyclic) bond motifs is 1. The first-order valence-corrected chi connectivity index (χ1v) is 7.50. The molecule has 2 aromatic heterocycles. The third-order valence-corrected chi connectivity index (χ3v) is 4.38. The molecule has 2 heterocycles. The Balaban J connectivity index is 2.15. The van der Waals surface area contributed by atoms with Crippen LogP contribution in [0.3, 0.4) is 0 Å². The number of aromatic amines is 1. The Morgan fingerprint density at radius 1 is 1.37 bits per heavy atom. The van der Waals surface area contributed by atoms with Crippen molar-refractivity contribution < 1.29 is 0 Å². The molecule has 0 spiro atoms. The zero-order valence-corrected chi connectivity index (χ0v) is 12.8. The lowest BCUT2D eigenvalue weighted by Gasteiger charge is -2.06. The summed E-state index contributed by atoms with van der Waals surface area (Å²) < 4.78 is 0. The van der Waals surface area contributed by atoms with Crippen molar-refractivity contribution in [2.45, 2.75) is 40.7 Å². The predicted octanol–water partition coefficient (Wildman–Crippen LogP) is 2.74. The molecule has 0 aliphatic rings. The molecule has 19 heavy (non-hydrogen) atoms. The van der Waals surface area contributed by atoms with Gasteiger partial charge in [0.1, 0.15) is 10.7 Å². The van der Waals surface area contributed by atoms with Crippen LogP contribution in [0.2, 0.25) is 0 Å². The Bertz CT molecular complexity index is 627. The zero-order chi connectivity index (χ0) is 14.0. The molecular weight excluding hydrogens is 258 g/mol. The molecular formula is C14H21N3OS. The van der Waals surface area contributed by atoms with E-state index in [-0.39, 0.29) is 5.56 Å². The van der Waals surface area contributed by atoms with E-state index in [1.54, 1.807) is 11.3 Å². The van der Waals surface area contributed by atoms with Crippen LogP contribution in [0.4, 0.5) is 0 Å². The van der Waals surface area contributed by atoms with E-state index in [4.69, 9.17) is 0 Å². The minimum Gasteiger partial charge on any atom is -0.310 e. The van der Waals surface area contributed by atoms with E-state index in [0.29, 0.717) is 12.5 Å². The summed E-state index contributed by atoms with van der Waals surface area (Å²) in [7, 11) is 0. The lowest BCUT2D eigenvalue weighted by Crippen LogP contribution is -2.21. The van der Waals surface area contributed by atoms with Gasteiger partial charge in [0.25, 0.3) is 5.56 Å². The van der Waals surface area contributed by atoms with E-state index < -0.39 is 0 Å². The van der Waals surface area contributed by atoms with Crippen LogP contribution in [0.5, 0.6) is 0 Å². The summed E-state index contributed by atoms with van der Waals surface area (Å²) in [5.41, 5.74) is 1.03. The molecule has 0 bridgehead atoms. The molecule has 0 aliphatic heterocycles. The Morgan fingerprint density at radius 3 is 2.79 bits per heavy atom. The van der Waals surface area contributed by atoms with Crippen molar-refractivity contribution in [3.63, 3.8) is 0 Å². The molecule has 0 atom stereocenters. The minimum atomic E-state index is -0.0208. The lowest BCUT2D eigenvalue weighted by molar-refractivity contribution is 0.532. The Labute approximate surface area is 117 Å². The zero-order valence-electron chi connectivity index (χ0n) is 12.0. The summed E-state index contributed by atoms with van der Waals surface area (Å²) in [4.78, 5) is 21.5. The molecule has 0 fully saturated rings. The number of hydrogen-bond donors (Lipinski definition) is 2. The number of rotatable bonds is 5. The van der Waals surface area contributed by atoms with Gasteiger partial charge in [-0.2, -0.15) is 0 Å². The van der Waals surface area contributed by atoms with E-state index >= 15 is 0 Å². The van der Waals surface area contributed by atoms with Crippen molar-refractivity contribution in [2.24, 2.45) is 5.92 Å². The number of hydrogen-bond acceptors (Lipinski definition) is 4. The van der Waals surface area contributed by atoms with Gasteiger partial charge in [0.15, 0.2) is 0 Å². The summed E-state index contributed by atoms with van der Waals surface area (Å²) >= 11 is 1.59. The van der Waals surface area contributed by atoms with Gasteiger partial charge in [0.2, 0.25) is 0 Å². The maximum atomic E-state index is 12.1. The maximum Gasteiger partial charge on any atom is 0.259 e. The normalized spacial score (nSPS) is 11.6. The summed E-state index contributed by atoms with van der Waals surface area (Å²) in [5, 5.41) is 4.06. The molecule has 4 nitrogen and oxygen atoms in total. The summed E-state index contributed by atoms with van der Waals surface area (Å²) in [5.74, 6) is 1.41. The monoisotopic (exact) mass is 279 g/mol. The van der Waals surface area contributed by atoms with Gasteiger partial charge in [0, 0.05) is 4.88 Å². The topological polar surface area (TPSA) is 57.8 Å². The predicted molar refractivity (Wildman–Crippen MR) is 80.9 cm³/mol. The highest BCUT2D eigenvalue weighted by Gasteiger charge is 2.11. The molecule has 2 rings (SSSR count). The van der Waals surface area contributed by atoms with Gasteiger partial charge < -0.3 is 10.3 Å². The second-order valence-electron chi connectivity index (χ2n) is 5.34. The molecule has 2 aromatic rings. The highest BCUT2D eigenvalue weighted by atomic mass is 32.1. The van der Waals surface area contributed by atoms with Crippen LogP contribution in [0.25, 0.3) is 10.2 Å². The van der Waals surface area contributed by atoms with Crippen molar-refractivity contribution in [1.82, 2.24) is 15.3 Å². The number of thiophene rings is 1. The molecule has 0 unspecified atom stereocenters. The van der Waals surface area contributed by atoms with Crippen LogP contribution >= 0.6 is 11.3 Å². The standard InChI is InChI=1S/C14H21N3OS/c1-8(2)5-6-15-7-11-16-13(18)12-9(3)10(4)19-14(12)17-11/h8,15H,5-7H2,1-4H3,(H,16,17,18). The quantitative estimate of drug-likeness (QED) is 0.827. The van der Waals surface area contributed by atoms with Crippen LogP contribution in [0.15, 0.2) is 4.79 Å². The number of H-pyrrole nitrogens is 1. The number of aromatic nitrogens is 2. The van der Waals surface area contributed by atoms with Crippen molar-refractivity contribution in [3.8, 4) is 0 Å². The van der Waals surface area contributed by atoms with E-state index in [2.05, 4.69) is 29.1 Å². The molecule has 2 N–H and O–H groups in total. The van der Waals surface area contributed by atoms with E-state index in [0.717, 1.165) is 39.4 Å². The fraction of sp³-hybridized carbons (Fsp3) is 0.571. The molecule has 0 aliphatic carbocycles. The Morgan fingerprint density at radius 2 is 2.11 bits per heavy atom. The highest BCUT2D eigenvalue weighted by Crippen LogP contribution is 2.25. The van der Waals surface area contributed by atoms with E-state index in [1.165, 1.54) is 0 Å². The van der Waals surface area contributed by atoms with Crippen molar-refractivity contribution in [2.75, 3.05) is 6.54 Å². The van der Waals surface area contributed by atoms with Gasteiger partial charge in [-0.25, -0.2) is 4.98 Å². The van der Waals surface area contributed by atoms with Gasteiger partial charge in [-0.3, -0.25) is 4.79 Å². The summed E-state index contributed by atoms with van der Waals surface area (Å²) in [6.07, 6.45) is 1.13. The second-order valence-corrected chi connectivity index (χ2v) is 6.54. The average Bonchev–Trinajstić information content (AvgIpc) is 2.61. The Kier molecular flexibility index (Phi) is 4.37. The number of nitrogens with one attached hydrogen (secondary N) is 2. The van der Waals surface area contributed by atoms with Crippen LogP contribution in [0.1, 0.15) is 36.5 Å². The largest absolute Gasteiger partial charge is 0.310 e. The van der Waals surface area contributed by atoms with Crippen molar-refractivity contribution in [3.05, 3.63) is 26.6 Å². The third-order valence-electron chi connectivity index (χ3n) is 3.28. The smallest absolute Gasteiger partial charge is 0.259 e. The highest BCUT2D eigenvalue weighted by molar-refractivity contribution is 7.18. The van der Waals surface area contributed by atoms with Crippen LogP contribution in [-0.2, 0) is 6.54 Å². The third kappa shape index (κ3) is 3.22. The molecule has 0 saturated heterocycles. The van der Waals surface area contributed by atoms with E-state index in [1.807, 2.05) is 13.8 Å². The van der Waals surface area contributed by atoms with Gasteiger partial charge >= 0.3 is 0 Å². The first-order valence-electron chi connectivity index (χ1n) is 6.68. The van der Waals surface area contributed by atoms with Crippen LogP contribution in [-0.4, -0.2) is 16.5 Å². The second kappa shape index (κ2) is 5.84. The average molecular weight is 279 g/mol. The number of nitrogens with zero attached hydrogens (tertiary/aromatic N) is 1. The van der Waals surface area contributed by atoms with Crippen molar-refractivity contribution in [1.29, 1.82) is 0 Å². The van der Waals surface area contributed by atoms with Gasteiger partial charge in [-0.15, -0.1) is 11.3 Å². The molecule has 5 heteroatoms. The summed E-state index contributed by atoms with van der Waals surface area (Å²) in [6.45, 7) is 9.97. The molecule has 104 valence electrons. The SMILES string of the molecule is Cc1sc2nc(CNCCC(C)C)[nH]c(=O)c2c1C. The van der Waals surface area contributed by atoms with Gasteiger partial charge in [0.05, 0.1) is 11.9 Å². The maximum absolute atomic E-state index is 12.1. The minimum absolute atomic E-state index is 0.0208. The van der Waals surface area contributed by atoms with Crippen LogP contribution < -0.4 is 10.9 Å². The summed E-state index contributed by atoms with van der Waals surface area (Å²) in [6, 6.07) is 0. The number of aryl methyl sites for hydroxylation is 2. The first kappa shape index (κ1) is 14.2.